The van der Waals surface area contributed by atoms with Crippen molar-refractivity contribution in [3.8, 4) is 5.75 Å². The van der Waals surface area contributed by atoms with Crippen molar-refractivity contribution in [1.82, 2.24) is 4.90 Å². The van der Waals surface area contributed by atoms with Gasteiger partial charge in [0.05, 0.1) is 19.8 Å². The van der Waals surface area contributed by atoms with E-state index in [0.29, 0.717) is 24.5 Å². The summed E-state index contributed by atoms with van der Waals surface area (Å²) in [4.78, 5) is 24.6. The van der Waals surface area contributed by atoms with Crippen molar-refractivity contribution in [2.45, 2.75) is 18.9 Å². The third kappa shape index (κ3) is 5.50. The fraction of sp³-hybridized carbons (Fsp3) is 0.529. The van der Waals surface area contributed by atoms with Crippen molar-refractivity contribution in [3.05, 3.63) is 29.8 Å². The third-order valence-electron chi connectivity index (χ3n) is 3.75. The first-order valence-electron chi connectivity index (χ1n) is 7.94. The number of benzene rings is 1. The van der Waals surface area contributed by atoms with E-state index in [1.807, 2.05) is 0 Å². The maximum Gasteiger partial charge on any atom is 0.323 e. The quantitative estimate of drug-likeness (QED) is 0.772. The summed E-state index contributed by atoms with van der Waals surface area (Å²) < 4.78 is 16.1. The molecule has 7 heteroatoms. The summed E-state index contributed by atoms with van der Waals surface area (Å²) in [6, 6.07) is 6.77. The van der Waals surface area contributed by atoms with E-state index in [9.17, 15) is 9.59 Å². The summed E-state index contributed by atoms with van der Waals surface area (Å²) in [5.41, 5.74) is 0.423. The highest BCUT2D eigenvalue weighted by atomic mass is 16.5. The summed E-state index contributed by atoms with van der Waals surface area (Å²) in [6.45, 7) is 1.55. The molecule has 0 aromatic heterocycles. The lowest BCUT2D eigenvalue weighted by molar-refractivity contribution is -0.137. The minimum absolute atomic E-state index is 0.130. The summed E-state index contributed by atoms with van der Waals surface area (Å²) in [6.07, 6.45) is 1.83. The largest absolute Gasteiger partial charge is 0.490 e. The van der Waals surface area contributed by atoms with Crippen LogP contribution in [0.15, 0.2) is 24.3 Å². The zero-order chi connectivity index (χ0) is 17.4. The Morgan fingerprint density at radius 3 is 2.50 bits per heavy atom. The van der Waals surface area contributed by atoms with Gasteiger partial charge in [-0.3, -0.25) is 9.59 Å². The normalized spacial score (nSPS) is 15.0. The molecule has 1 aromatic carbocycles. The van der Waals surface area contributed by atoms with Crippen molar-refractivity contribution in [2.75, 3.05) is 40.0 Å². The molecular weight excluding hydrogens is 314 g/mol. The molecule has 1 amide bonds. The molecule has 0 saturated carbocycles. The first-order chi connectivity index (χ1) is 11.6. The first kappa shape index (κ1) is 18.2. The molecule has 24 heavy (non-hydrogen) atoms. The highest BCUT2D eigenvalue weighted by Gasteiger charge is 2.19. The molecule has 132 valence electrons. The number of carbonyl (C=O) groups excluding carboxylic acids is 1. The lowest BCUT2D eigenvalue weighted by Gasteiger charge is -2.23. The molecule has 1 aromatic rings. The van der Waals surface area contributed by atoms with Gasteiger partial charge >= 0.3 is 5.97 Å². The second-order valence-corrected chi connectivity index (χ2v) is 5.57. The average Bonchev–Trinajstić information content (AvgIpc) is 2.59. The van der Waals surface area contributed by atoms with Gasteiger partial charge in [0, 0.05) is 32.1 Å². The Morgan fingerprint density at radius 1 is 1.25 bits per heavy atom. The smallest absolute Gasteiger partial charge is 0.323 e. The molecule has 1 N–H and O–H groups in total. The molecule has 1 aliphatic rings. The molecule has 2 rings (SSSR count). The van der Waals surface area contributed by atoms with Gasteiger partial charge in [-0.25, -0.2) is 0 Å². The van der Waals surface area contributed by atoms with E-state index in [0.717, 1.165) is 12.8 Å². The monoisotopic (exact) mass is 337 g/mol. The van der Waals surface area contributed by atoms with Gasteiger partial charge in [0.15, 0.2) is 0 Å². The number of methoxy groups -OCH3 is 1. The van der Waals surface area contributed by atoms with Crippen LogP contribution in [0.5, 0.6) is 5.75 Å². The van der Waals surface area contributed by atoms with Gasteiger partial charge in [0.2, 0.25) is 0 Å². The Morgan fingerprint density at radius 2 is 1.92 bits per heavy atom. The maximum absolute atomic E-state index is 12.4. The molecule has 7 nitrogen and oxygen atoms in total. The van der Waals surface area contributed by atoms with Gasteiger partial charge in [0.25, 0.3) is 5.91 Å². The Balaban J connectivity index is 1.98. The van der Waals surface area contributed by atoms with E-state index in [4.69, 9.17) is 19.3 Å². The van der Waals surface area contributed by atoms with Gasteiger partial charge in [0.1, 0.15) is 18.4 Å². The molecule has 0 spiro atoms. The second-order valence-electron chi connectivity index (χ2n) is 5.57. The van der Waals surface area contributed by atoms with Crippen LogP contribution in [0.4, 0.5) is 0 Å². The Kier molecular flexibility index (Phi) is 7.02. The Bertz CT molecular complexity index is 539. The van der Waals surface area contributed by atoms with Gasteiger partial charge in [-0.05, 0) is 24.3 Å². The van der Waals surface area contributed by atoms with Gasteiger partial charge in [-0.1, -0.05) is 0 Å². The summed E-state index contributed by atoms with van der Waals surface area (Å²) >= 11 is 0. The van der Waals surface area contributed by atoms with E-state index in [1.165, 1.54) is 12.0 Å². The van der Waals surface area contributed by atoms with Crippen LogP contribution in [0.2, 0.25) is 0 Å². The number of ether oxygens (including phenoxy) is 3. The van der Waals surface area contributed by atoms with Crippen LogP contribution in [0.25, 0.3) is 0 Å². The van der Waals surface area contributed by atoms with Crippen LogP contribution in [0.1, 0.15) is 23.2 Å². The summed E-state index contributed by atoms with van der Waals surface area (Å²) in [5, 5.41) is 8.94. The van der Waals surface area contributed by atoms with Gasteiger partial charge in [-0.15, -0.1) is 0 Å². The van der Waals surface area contributed by atoms with Crippen LogP contribution in [0.3, 0.4) is 0 Å². The van der Waals surface area contributed by atoms with E-state index in [2.05, 4.69) is 0 Å². The molecule has 1 fully saturated rings. The molecule has 0 atom stereocenters. The number of carboxylic acids is 1. The average molecular weight is 337 g/mol. The summed E-state index contributed by atoms with van der Waals surface area (Å²) in [7, 11) is 1.51. The van der Waals surface area contributed by atoms with Crippen LogP contribution in [-0.2, 0) is 14.3 Å². The number of nitrogens with zero attached hydrogens (tertiary/aromatic N) is 1. The van der Waals surface area contributed by atoms with Crippen LogP contribution in [-0.4, -0.2) is 68.0 Å². The van der Waals surface area contributed by atoms with E-state index >= 15 is 0 Å². The third-order valence-corrected chi connectivity index (χ3v) is 3.75. The van der Waals surface area contributed by atoms with Crippen molar-refractivity contribution >= 4 is 11.9 Å². The molecule has 0 bridgehead atoms. The SMILES string of the molecule is COCCN(CC(=O)O)C(=O)c1ccc(OC2CCOCC2)cc1. The number of amides is 1. The van der Waals surface area contributed by atoms with Crippen molar-refractivity contribution in [2.24, 2.45) is 0 Å². The molecular formula is C17H23NO6. The molecule has 0 aliphatic carbocycles. The second kappa shape index (κ2) is 9.24. The lowest BCUT2D eigenvalue weighted by Crippen LogP contribution is -2.38. The number of carbonyl (C=O) groups is 2. The fourth-order valence-corrected chi connectivity index (χ4v) is 2.46. The van der Waals surface area contributed by atoms with E-state index in [1.54, 1.807) is 24.3 Å². The molecule has 1 aliphatic heterocycles. The first-order valence-corrected chi connectivity index (χ1v) is 7.94. The Labute approximate surface area is 141 Å². The molecule has 0 unspecified atom stereocenters. The minimum Gasteiger partial charge on any atom is -0.490 e. The topological polar surface area (TPSA) is 85.3 Å². The van der Waals surface area contributed by atoms with E-state index < -0.39 is 5.97 Å². The van der Waals surface area contributed by atoms with Crippen molar-refractivity contribution < 1.29 is 28.9 Å². The number of aliphatic carboxylic acids is 1. The molecule has 0 radical (unpaired) electrons. The van der Waals surface area contributed by atoms with Crippen molar-refractivity contribution in [1.29, 1.82) is 0 Å². The number of carboxylic acid groups (broad SMARTS) is 1. The Hall–Kier alpha value is -2.12. The summed E-state index contributed by atoms with van der Waals surface area (Å²) in [5.74, 6) is -0.703. The lowest BCUT2D eigenvalue weighted by atomic mass is 10.1. The predicted octanol–water partition coefficient (Wildman–Crippen LogP) is 1.42. The van der Waals surface area contributed by atoms with Crippen LogP contribution >= 0.6 is 0 Å². The number of rotatable bonds is 8. The van der Waals surface area contributed by atoms with Crippen molar-refractivity contribution in [3.63, 3.8) is 0 Å². The highest BCUT2D eigenvalue weighted by molar-refractivity contribution is 5.95. The standard InChI is InChI=1S/C17H23NO6/c1-22-11-8-18(12-16(19)20)17(21)13-2-4-14(5-3-13)24-15-6-9-23-10-7-15/h2-5,15H,6-12H2,1H3,(H,19,20). The number of hydrogen-bond acceptors (Lipinski definition) is 5. The zero-order valence-electron chi connectivity index (χ0n) is 13.8. The van der Waals surface area contributed by atoms with Crippen LogP contribution in [0, 0.1) is 0 Å². The highest BCUT2D eigenvalue weighted by Crippen LogP contribution is 2.19. The zero-order valence-corrected chi connectivity index (χ0v) is 13.8. The molecule has 1 heterocycles. The van der Waals surface area contributed by atoms with Crippen LogP contribution < -0.4 is 4.74 Å². The van der Waals surface area contributed by atoms with Gasteiger partial charge in [-0.2, -0.15) is 0 Å². The molecule has 1 saturated heterocycles. The fourth-order valence-electron chi connectivity index (χ4n) is 2.46. The predicted molar refractivity (Wildman–Crippen MR) is 86.3 cm³/mol. The number of hydrogen-bond donors (Lipinski definition) is 1. The van der Waals surface area contributed by atoms with Gasteiger partial charge < -0.3 is 24.2 Å². The van der Waals surface area contributed by atoms with E-state index in [-0.39, 0.29) is 31.7 Å². The minimum atomic E-state index is -1.06. The maximum atomic E-state index is 12.4.